The molecule has 1 fully saturated rings. The predicted octanol–water partition coefficient (Wildman–Crippen LogP) is 2.70. The number of halogens is 2. The molecule has 0 aromatic rings. The molecule has 74 valence electrons. The highest BCUT2D eigenvalue weighted by Crippen LogP contribution is 2.59. The van der Waals surface area contributed by atoms with E-state index in [4.69, 9.17) is 32.7 Å². The van der Waals surface area contributed by atoms with Gasteiger partial charge in [0.2, 0.25) is 0 Å². The van der Waals surface area contributed by atoms with E-state index in [0.29, 0.717) is 0 Å². The molecule has 4 heteroatoms. The zero-order valence-electron chi connectivity index (χ0n) is 7.64. The zero-order chi connectivity index (χ0) is 9.64. The summed E-state index contributed by atoms with van der Waals surface area (Å²) in [5.41, 5.74) is 0. The maximum atomic E-state index is 6.09. The molecule has 0 aromatic heterocycles. The molecule has 13 heavy (non-hydrogen) atoms. The number of fused-ring (bicyclic) bond motifs is 2. The van der Waals surface area contributed by atoms with Crippen molar-refractivity contribution in [1.82, 2.24) is 0 Å². The highest BCUT2D eigenvalue weighted by molar-refractivity contribution is 6.40. The molecule has 0 aromatic carbocycles. The Balaban J connectivity index is 2.39. The molecule has 0 aliphatic heterocycles. The van der Waals surface area contributed by atoms with Crippen molar-refractivity contribution in [2.75, 3.05) is 14.2 Å². The Morgan fingerprint density at radius 3 is 1.69 bits per heavy atom. The van der Waals surface area contributed by atoms with E-state index < -0.39 is 5.79 Å². The van der Waals surface area contributed by atoms with Gasteiger partial charge in [-0.15, -0.1) is 0 Å². The van der Waals surface area contributed by atoms with Gasteiger partial charge in [-0.2, -0.15) is 0 Å². The summed E-state index contributed by atoms with van der Waals surface area (Å²) in [5.74, 6) is -0.336. The predicted molar refractivity (Wildman–Crippen MR) is 51.7 cm³/mol. The van der Waals surface area contributed by atoms with E-state index in [-0.39, 0.29) is 11.8 Å². The minimum atomic E-state index is -0.589. The molecular weight excluding hydrogens is 211 g/mol. The number of ether oxygens (including phenoxy) is 2. The molecule has 0 N–H and O–H groups in total. The molecule has 0 amide bonds. The average molecular weight is 223 g/mol. The normalized spacial score (nSPS) is 36.0. The van der Waals surface area contributed by atoms with Gasteiger partial charge in [0.1, 0.15) is 0 Å². The van der Waals surface area contributed by atoms with Gasteiger partial charge < -0.3 is 9.47 Å². The van der Waals surface area contributed by atoms with Crippen molar-refractivity contribution in [3.63, 3.8) is 0 Å². The van der Waals surface area contributed by atoms with Crippen LogP contribution in [0.3, 0.4) is 0 Å². The van der Waals surface area contributed by atoms with Crippen LogP contribution in [0, 0.1) is 11.8 Å². The van der Waals surface area contributed by atoms with Crippen LogP contribution in [0.2, 0.25) is 0 Å². The highest BCUT2D eigenvalue weighted by atomic mass is 35.5. The van der Waals surface area contributed by atoms with Crippen molar-refractivity contribution < 1.29 is 9.47 Å². The van der Waals surface area contributed by atoms with Crippen LogP contribution in [0.5, 0.6) is 0 Å². The lowest BCUT2D eigenvalue weighted by atomic mass is 10.0. The van der Waals surface area contributed by atoms with Crippen LogP contribution in [0.4, 0.5) is 0 Å². The third kappa shape index (κ3) is 1.03. The van der Waals surface area contributed by atoms with Crippen LogP contribution < -0.4 is 0 Å². The first-order valence-electron chi connectivity index (χ1n) is 4.32. The fourth-order valence-electron chi connectivity index (χ4n) is 2.57. The Kier molecular flexibility index (Phi) is 2.35. The van der Waals surface area contributed by atoms with E-state index in [0.717, 1.165) is 22.9 Å². The Morgan fingerprint density at radius 1 is 1.08 bits per heavy atom. The minimum absolute atomic E-state index is 0.127. The first kappa shape index (κ1) is 9.78. The molecule has 0 radical (unpaired) electrons. The summed E-state index contributed by atoms with van der Waals surface area (Å²) in [6.45, 7) is 0. The summed E-state index contributed by atoms with van der Waals surface area (Å²) in [4.78, 5) is 0. The Hall–Kier alpha value is 0.240. The average Bonchev–Trinajstić information content (AvgIpc) is 2.61. The second-order valence-corrected chi connectivity index (χ2v) is 4.32. The monoisotopic (exact) mass is 222 g/mol. The second-order valence-electron chi connectivity index (χ2n) is 3.51. The standard InChI is InChI=1S/C9H12Cl2O2/c1-12-9(13-2)5-3-4-6(9)8(11)7(5)10/h5-6H,3-4H2,1-2H3. The molecule has 2 aliphatic rings. The Morgan fingerprint density at radius 2 is 1.46 bits per heavy atom. The van der Waals surface area contributed by atoms with Crippen molar-refractivity contribution in [2.45, 2.75) is 18.6 Å². The van der Waals surface area contributed by atoms with Gasteiger partial charge in [0.15, 0.2) is 5.79 Å². The van der Waals surface area contributed by atoms with Crippen molar-refractivity contribution >= 4 is 23.2 Å². The lowest BCUT2D eigenvalue weighted by molar-refractivity contribution is -0.230. The summed E-state index contributed by atoms with van der Waals surface area (Å²) in [6, 6.07) is 0. The fourth-order valence-corrected chi connectivity index (χ4v) is 3.36. The number of hydrogen-bond acceptors (Lipinski definition) is 2. The molecule has 0 saturated heterocycles. The smallest absolute Gasteiger partial charge is 0.183 e. The number of rotatable bonds is 2. The van der Waals surface area contributed by atoms with Gasteiger partial charge in [0, 0.05) is 24.3 Å². The molecule has 0 spiro atoms. The van der Waals surface area contributed by atoms with Gasteiger partial charge in [0.25, 0.3) is 0 Å². The van der Waals surface area contributed by atoms with Crippen molar-refractivity contribution in [3.8, 4) is 0 Å². The maximum Gasteiger partial charge on any atom is 0.183 e. The van der Waals surface area contributed by atoms with Gasteiger partial charge in [-0.25, -0.2) is 0 Å². The summed E-state index contributed by atoms with van der Waals surface area (Å²) < 4.78 is 10.9. The first-order valence-corrected chi connectivity index (χ1v) is 5.08. The molecule has 2 rings (SSSR count). The largest absolute Gasteiger partial charge is 0.352 e. The van der Waals surface area contributed by atoms with Crippen LogP contribution in [0.1, 0.15) is 12.8 Å². The highest BCUT2D eigenvalue weighted by Gasteiger charge is 2.59. The molecule has 2 nitrogen and oxygen atoms in total. The first-order chi connectivity index (χ1) is 6.17. The van der Waals surface area contributed by atoms with Crippen molar-refractivity contribution in [1.29, 1.82) is 0 Å². The van der Waals surface area contributed by atoms with E-state index in [1.54, 1.807) is 14.2 Å². The quantitative estimate of drug-likeness (QED) is 0.670. The van der Waals surface area contributed by atoms with Crippen molar-refractivity contribution in [2.24, 2.45) is 11.8 Å². The Labute approximate surface area is 87.8 Å². The van der Waals surface area contributed by atoms with Gasteiger partial charge in [-0.3, -0.25) is 0 Å². The van der Waals surface area contributed by atoms with E-state index in [1.165, 1.54) is 0 Å². The van der Waals surface area contributed by atoms with Crippen LogP contribution >= 0.6 is 23.2 Å². The molecule has 2 unspecified atom stereocenters. The number of hydrogen-bond donors (Lipinski definition) is 0. The van der Waals surface area contributed by atoms with Crippen molar-refractivity contribution in [3.05, 3.63) is 10.1 Å². The summed E-state index contributed by atoms with van der Waals surface area (Å²) in [7, 11) is 3.29. The van der Waals surface area contributed by atoms with E-state index >= 15 is 0 Å². The molecule has 2 bridgehead atoms. The maximum absolute atomic E-state index is 6.09. The summed E-state index contributed by atoms with van der Waals surface area (Å²) in [5, 5.41) is 1.45. The molecule has 0 heterocycles. The lowest BCUT2D eigenvalue weighted by Gasteiger charge is -2.31. The fraction of sp³-hybridized carbons (Fsp3) is 0.778. The van der Waals surface area contributed by atoms with Crippen LogP contribution in [-0.4, -0.2) is 20.0 Å². The topological polar surface area (TPSA) is 18.5 Å². The molecule has 2 aliphatic carbocycles. The van der Waals surface area contributed by atoms with Gasteiger partial charge >= 0.3 is 0 Å². The van der Waals surface area contributed by atoms with Gasteiger partial charge in [-0.05, 0) is 12.8 Å². The zero-order valence-corrected chi connectivity index (χ0v) is 9.15. The SMILES string of the molecule is COC1(OC)C2CCC1C(Cl)=C2Cl. The molecule has 1 saturated carbocycles. The molecule has 2 atom stereocenters. The minimum Gasteiger partial charge on any atom is -0.352 e. The van der Waals surface area contributed by atoms with Crippen LogP contribution in [-0.2, 0) is 9.47 Å². The van der Waals surface area contributed by atoms with E-state index in [2.05, 4.69) is 0 Å². The third-order valence-corrected chi connectivity index (χ3v) is 4.22. The van der Waals surface area contributed by atoms with Gasteiger partial charge in [0.05, 0.1) is 11.8 Å². The second kappa shape index (κ2) is 3.13. The van der Waals surface area contributed by atoms with E-state index in [9.17, 15) is 0 Å². The van der Waals surface area contributed by atoms with Crippen LogP contribution in [0.15, 0.2) is 10.1 Å². The van der Waals surface area contributed by atoms with Gasteiger partial charge in [-0.1, -0.05) is 23.2 Å². The summed E-state index contributed by atoms with van der Waals surface area (Å²) >= 11 is 12.2. The lowest BCUT2D eigenvalue weighted by Crippen LogP contribution is -2.40. The molecular formula is C9H12Cl2O2. The number of methoxy groups -OCH3 is 2. The van der Waals surface area contributed by atoms with E-state index in [1.807, 2.05) is 0 Å². The van der Waals surface area contributed by atoms with Crippen LogP contribution in [0.25, 0.3) is 0 Å². The Bertz CT molecular complexity index is 236. The third-order valence-electron chi connectivity index (χ3n) is 3.19. The summed E-state index contributed by atoms with van der Waals surface area (Å²) in [6.07, 6.45) is 2.00.